The number of ether oxygens (including phenoxy) is 6. The molecule has 8 atom stereocenters. The number of phenols is 2. The molecule has 2 aromatic rings. The van der Waals surface area contributed by atoms with Gasteiger partial charge in [0.2, 0.25) is 11.6 Å². The van der Waals surface area contributed by atoms with E-state index in [0.717, 1.165) is 26.2 Å². The molecule has 3 aliphatic rings. The fourth-order valence-corrected chi connectivity index (χ4v) is 6.31. The van der Waals surface area contributed by atoms with E-state index in [-0.39, 0.29) is 11.3 Å². The number of phenolic OH excluding ortho intramolecular Hbond substituents is 2. The smallest absolute Gasteiger partial charge is 0.222 e. The maximum Gasteiger partial charge on any atom is 0.222 e. The Labute approximate surface area is 245 Å². The van der Waals surface area contributed by atoms with Crippen LogP contribution >= 0.6 is 0 Å². The van der Waals surface area contributed by atoms with Crippen molar-refractivity contribution in [3.63, 3.8) is 0 Å². The van der Waals surface area contributed by atoms with Crippen LogP contribution in [0.2, 0.25) is 0 Å². The lowest BCUT2D eigenvalue weighted by Gasteiger charge is -2.51. The van der Waals surface area contributed by atoms with Gasteiger partial charge in [-0.2, -0.15) is 0 Å². The predicted octanol–water partition coefficient (Wildman–Crippen LogP) is -0.00780. The minimum atomic E-state index is -3.16. The zero-order chi connectivity index (χ0) is 31.8. The van der Waals surface area contributed by atoms with Gasteiger partial charge in [-0.05, 0) is 26.0 Å². The van der Waals surface area contributed by atoms with E-state index < -0.39 is 105 Å². The number of hydrogen-bond acceptors (Lipinski definition) is 14. The Hall–Kier alpha value is -3.18. The molecule has 14 nitrogen and oxygen atoms in total. The van der Waals surface area contributed by atoms with Crippen molar-refractivity contribution < 1.29 is 68.6 Å². The van der Waals surface area contributed by atoms with Crippen LogP contribution in [0.25, 0.3) is 0 Å². The molecule has 0 unspecified atom stereocenters. The molecule has 1 aliphatic heterocycles. The number of fused-ring (bicyclic) bond motifs is 3. The lowest BCUT2D eigenvalue weighted by molar-refractivity contribution is -0.357. The van der Waals surface area contributed by atoms with Gasteiger partial charge in [0.1, 0.15) is 53.4 Å². The second kappa shape index (κ2) is 10.8. The molecule has 6 N–H and O–H groups in total. The summed E-state index contributed by atoms with van der Waals surface area (Å²) in [6, 6.07) is 3.33. The highest BCUT2D eigenvalue weighted by molar-refractivity contribution is 6.30. The van der Waals surface area contributed by atoms with E-state index in [0.29, 0.717) is 0 Å². The number of rotatable bonds is 6. The molecule has 0 amide bonds. The number of ketones is 2. The van der Waals surface area contributed by atoms with Crippen molar-refractivity contribution in [3.05, 3.63) is 51.6 Å². The van der Waals surface area contributed by atoms with Gasteiger partial charge in [-0.25, -0.2) is 0 Å². The van der Waals surface area contributed by atoms with Crippen molar-refractivity contribution in [1.82, 2.24) is 0 Å². The molecule has 2 aromatic carbocycles. The third kappa shape index (κ3) is 4.36. The zero-order valence-electron chi connectivity index (χ0n) is 24.2. The average molecular weight is 607 g/mol. The third-order valence-corrected chi connectivity index (χ3v) is 8.64. The van der Waals surface area contributed by atoms with Crippen molar-refractivity contribution in [2.75, 3.05) is 28.4 Å². The number of carbonyl (C=O) groups is 2. The number of benzene rings is 2. The summed E-state index contributed by atoms with van der Waals surface area (Å²) < 4.78 is 33.4. The van der Waals surface area contributed by atoms with Gasteiger partial charge in [-0.15, -0.1) is 0 Å². The quantitative estimate of drug-likeness (QED) is 0.204. The second-order valence-electron chi connectivity index (χ2n) is 11.0. The predicted molar refractivity (Wildman–Crippen MR) is 143 cm³/mol. The van der Waals surface area contributed by atoms with Crippen molar-refractivity contribution in [1.29, 1.82) is 0 Å². The van der Waals surface area contributed by atoms with E-state index in [9.17, 15) is 40.2 Å². The van der Waals surface area contributed by atoms with Crippen LogP contribution in [-0.2, 0) is 29.5 Å². The van der Waals surface area contributed by atoms with Crippen molar-refractivity contribution in [2.45, 2.75) is 68.1 Å². The van der Waals surface area contributed by atoms with Gasteiger partial charge in [0.25, 0.3) is 0 Å². The standard InChI is InChI=1S/C29H34O14/c1-10-23(39-4)22(34)25(40-5)27(42-10)43-24-18-14(29(36,37)28(2,35)26(24)41-6)9-13-17(21(18)33)20(32)16-12(19(13)31)7-11(38-3)8-15(16)30/h7-10,22-27,30,33-37H,1-6H3/t10-,22+,23-,24+,25+,26-,27-,28-/m0/s1. The number of hydrogen-bond donors (Lipinski definition) is 6. The summed E-state index contributed by atoms with van der Waals surface area (Å²) in [4.78, 5) is 27.3. The van der Waals surface area contributed by atoms with E-state index in [4.69, 9.17) is 28.4 Å². The molecule has 0 saturated carbocycles. The van der Waals surface area contributed by atoms with E-state index in [1.165, 1.54) is 27.4 Å². The Morgan fingerprint density at radius 2 is 1.49 bits per heavy atom. The van der Waals surface area contributed by atoms with Gasteiger partial charge in [0.05, 0.1) is 24.3 Å². The molecule has 43 heavy (non-hydrogen) atoms. The molecule has 234 valence electrons. The minimum absolute atomic E-state index is 0.0772. The van der Waals surface area contributed by atoms with Crippen molar-refractivity contribution in [2.24, 2.45) is 0 Å². The van der Waals surface area contributed by atoms with Crippen LogP contribution in [-0.4, -0.2) is 113 Å². The van der Waals surface area contributed by atoms with Crippen LogP contribution in [0.3, 0.4) is 0 Å². The Bertz CT molecular complexity index is 1470. The van der Waals surface area contributed by atoms with Gasteiger partial charge in [-0.3, -0.25) is 9.59 Å². The SMILES string of the molecule is COc1cc(O)c2c(c1)C(=O)c1cc3c(c(O)c1C2=O)[C@@H](O[C@@H]1O[C@@H](C)[C@H](OC)[C@@H](O)[C@H]1OC)[C@H](OC)[C@](C)(O)C3(O)O. The normalized spacial score (nSPS) is 33.0. The summed E-state index contributed by atoms with van der Waals surface area (Å²) in [7, 11) is 5.12. The maximum absolute atomic E-state index is 13.7. The van der Waals surface area contributed by atoms with Crippen LogP contribution < -0.4 is 4.74 Å². The van der Waals surface area contributed by atoms with E-state index in [1.807, 2.05) is 0 Å². The highest BCUT2D eigenvalue weighted by Gasteiger charge is 2.62. The zero-order valence-corrected chi connectivity index (χ0v) is 24.2. The molecule has 0 spiro atoms. The number of carbonyl (C=O) groups excluding carboxylic acids is 2. The molecule has 5 rings (SSSR count). The maximum atomic E-state index is 13.7. The number of aliphatic hydroxyl groups is 4. The number of aromatic hydroxyl groups is 2. The van der Waals surface area contributed by atoms with Crippen LogP contribution in [0, 0.1) is 0 Å². The average Bonchev–Trinajstić information content (AvgIpc) is 2.94. The van der Waals surface area contributed by atoms with Gasteiger partial charge >= 0.3 is 0 Å². The molecule has 14 heteroatoms. The molecule has 1 saturated heterocycles. The molecule has 2 aliphatic carbocycles. The summed E-state index contributed by atoms with van der Waals surface area (Å²) in [5.74, 6) is -6.31. The summed E-state index contributed by atoms with van der Waals surface area (Å²) in [5.41, 5.74) is -5.11. The van der Waals surface area contributed by atoms with Crippen LogP contribution in [0.1, 0.15) is 62.9 Å². The Morgan fingerprint density at radius 1 is 0.860 bits per heavy atom. The Kier molecular flexibility index (Phi) is 7.82. The fraction of sp³-hybridized carbons (Fsp3) is 0.517. The fourth-order valence-electron chi connectivity index (χ4n) is 6.31. The highest BCUT2D eigenvalue weighted by atomic mass is 16.7. The van der Waals surface area contributed by atoms with Crippen molar-refractivity contribution in [3.8, 4) is 17.2 Å². The molecule has 0 bridgehead atoms. The first-order valence-corrected chi connectivity index (χ1v) is 13.3. The topological polar surface area (TPSA) is 211 Å². The number of aliphatic hydroxyl groups excluding tert-OH is 1. The van der Waals surface area contributed by atoms with Crippen LogP contribution in [0.15, 0.2) is 18.2 Å². The minimum Gasteiger partial charge on any atom is -0.507 e. The first-order chi connectivity index (χ1) is 20.2. The third-order valence-electron chi connectivity index (χ3n) is 8.64. The monoisotopic (exact) mass is 606 g/mol. The molecule has 0 radical (unpaired) electrons. The molecular formula is C29H34O14. The molecule has 0 aromatic heterocycles. The molecular weight excluding hydrogens is 572 g/mol. The summed E-state index contributed by atoms with van der Waals surface area (Å²) in [6.45, 7) is 2.66. The largest absolute Gasteiger partial charge is 0.507 e. The summed E-state index contributed by atoms with van der Waals surface area (Å²) in [5, 5.41) is 67.3. The molecule has 1 heterocycles. The Morgan fingerprint density at radius 3 is 2.07 bits per heavy atom. The first kappa shape index (κ1) is 31.3. The lowest BCUT2D eigenvalue weighted by Crippen LogP contribution is -2.65. The van der Waals surface area contributed by atoms with Gasteiger partial charge in [0, 0.05) is 49.6 Å². The van der Waals surface area contributed by atoms with Gasteiger partial charge in [-0.1, -0.05) is 0 Å². The highest BCUT2D eigenvalue weighted by Crippen LogP contribution is 2.54. The Balaban J connectivity index is 1.72. The van der Waals surface area contributed by atoms with E-state index >= 15 is 0 Å². The van der Waals surface area contributed by atoms with Gasteiger partial charge < -0.3 is 59.1 Å². The second-order valence-corrected chi connectivity index (χ2v) is 11.0. The van der Waals surface area contributed by atoms with Crippen molar-refractivity contribution >= 4 is 11.6 Å². The van der Waals surface area contributed by atoms with Crippen LogP contribution in [0.4, 0.5) is 0 Å². The number of methoxy groups -OCH3 is 4. The lowest BCUT2D eigenvalue weighted by atomic mass is 9.69. The van der Waals surface area contributed by atoms with Gasteiger partial charge in [0.15, 0.2) is 12.1 Å². The first-order valence-electron chi connectivity index (χ1n) is 13.3. The van der Waals surface area contributed by atoms with E-state index in [1.54, 1.807) is 6.92 Å². The summed E-state index contributed by atoms with van der Waals surface area (Å²) >= 11 is 0. The van der Waals surface area contributed by atoms with E-state index in [2.05, 4.69) is 0 Å². The van der Waals surface area contributed by atoms with Crippen LogP contribution in [0.5, 0.6) is 17.2 Å². The molecule has 1 fully saturated rings. The summed E-state index contributed by atoms with van der Waals surface area (Å²) in [6.07, 6.45) is -8.57.